The number of hydrogen-bond acceptors (Lipinski definition) is 5. The summed E-state index contributed by atoms with van der Waals surface area (Å²) in [4.78, 5) is 10.9. The Morgan fingerprint density at radius 1 is 1.35 bits per heavy atom. The first-order valence-corrected chi connectivity index (χ1v) is 7.10. The van der Waals surface area contributed by atoms with Crippen molar-refractivity contribution >= 4 is 5.95 Å². The molecule has 6 heteroatoms. The number of anilines is 1. The summed E-state index contributed by atoms with van der Waals surface area (Å²) in [6, 6.07) is 3.98. The summed E-state index contributed by atoms with van der Waals surface area (Å²) in [6.45, 7) is 2.77. The molecule has 3 N–H and O–H groups in total. The van der Waals surface area contributed by atoms with Gasteiger partial charge in [-0.1, -0.05) is 6.07 Å². The molecule has 0 amide bonds. The van der Waals surface area contributed by atoms with Gasteiger partial charge in [0.15, 0.2) is 0 Å². The van der Waals surface area contributed by atoms with Crippen LogP contribution in [-0.4, -0.2) is 39.8 Å². The Bertz CT molecular complexity index is 530. The number of H-pyrrole nitrogens is 1. The lowest BCUT2D eigenvalue weighted by molar-refractivity contribution is 0.411. The molecular weight excluding hydrogens is 252 g/mol. The summed E-state index contributed by atoms with van der Waals surface area (Å²) < 4.78 is 0. The smallest absolute Gasteiger partial charge is 0.244 e. The molecule has 0 spiro atoms. The number of aromatic amines is 1. The lowest BCUT2D eigenvalue weighted by Crippen LogP contribution is -2.36. The molecule has 20 heavy (non-hydrogen) atoms. The highest BCUT2D eigenvalue weighted by atomic mass is 15.4. The minimum absolute atomic E-state index is 0.653. The third-order valence-electron chi connectivity index (χ3n) is 3.84. The van der Waals surface area contributed by atoms with Crippen LogP contribution >= 0.6 is 0 Å². The molecule has 0 aromatic carbocycles. The first-order chi connectivity index (χ1) is 9.85. The highest BCUT2D eigenvalue weighted by Gasteiger charge is 2.20. The molecule has 2 aromatic rings. The van der Waals surface area contributed by atoms with Crippen LogP contribution in [-0.2, 0) is 6.42 Å². The third kappa shape index (κ3) is 2.96. The second-order valence-corrected chi connectivity index (χ2v) is 5.29. The molecule has 1 aliphatic rings. The minimum atomic E-state index is 0.653. The van der Waals surface area contributed by atoms with Crippen LogP contribution in [0.25, 0.3) is 0 Å². The average Bonchev–Trinajstić information content (AvgIpc) is 2.97. The third-order valence-corrected chi connectivity index (χ3v) is 3.84. The normalized spacial score (nSPS) is 16.6. The Morgan fingerprint density at radius 2 is 2.20 bits per heavy atom. The fourth-order valence-corrected chi connectivity index (χ4v) is 2.57. The van der Waals surface area contributed by atoms with Crippen molar-refractivity contribution in [1.82, 2.24) is 20.2 Å². The number of nitrogens with two attached hydrogens (primary N) is 1. The van der Waals surface area contributed by atoms with Gasteiger partial charge in [0.05, 0.1) is 0 Å². The van der Waals surface area contributed by atoms with E-state index in [1.807, 2.05) is 18.3 Å². The van der Waals surface area contributed by atoms with Crippen molar-refractivity contribution in [1.29, 1.82) is 0 Å². The molecule has 3 heterocycles. The Kier molecular flexibility index (Phi) is 3.92. The van der Waals surface area contributed by atoms with Crippen LogP contribution in [0.3, 0.4) is 0 Å². The van der Waals surface area contributed by atoms with Crippen molar-refractivity contribution in [2.45, 2.75) is 19.3 Å². The predicted octanol–water partition coefficient (Wildman–Crippen LogP) is 0.966. The molecule has 3 rings (SSSR count). The van der Waals surface area contributed by atoms with Gasteiger partial charge in [-0.15, -0.1) is 5.10 Å². The van der Waals surface area contributed by atoms with Crippen molar-refractivity contribution < 1.29 is 0 Å². The molecule has 0 unspecified atom stereocenters. The Morgan fingerprint density at radius 3 is 2.90 bits per heavy atom. The van der Waals surface area contributed by atoms with Crippen molar-refractivity contribution in [3.05, 3.63) is 35.9 Å². The number of nitrogens with one attached hydrogen (secondary N) is 1. The maximum Gasteiger partial charge on any atom is 0.244 e. The first-order valence-electron chi connectivity index (χ1n) is 7.10. The van der Waals surface area contributed by atoms with Crippen LogP contribution < -0.4 is 10.6 Å². The van der Waals surface area contributed by atoms with Gasteiger partial charge in [-0.25, -0.2) is 0 Å². The summed E-state index contributed by atoms with van der Waals surface area (Å²) in [5.41, 5.74) is 6.85. The van der Waals surface area contributed by atoms with E-state index >= 15 is 0 Å². The van der Waals surface area contributed by atoms with Crippen molar-refractivity contribution in [2.24, 2.45) is 11.7 Å². The van der Waals surface area contributed by atoms with Gasteiger partial charge in [0.25, 0.3) is 0 Å². The van der Waals surface area contributed by atoms with E-state index in [1.54, 1.807) is 6.20 Å². The standard InChI is InChI=1S/C14H20N6/c15-9-11-3-6-20(7-4-11)14-17-13(18-19-14)8-12-2-1-5-16-10-12/h1-2,5,10-11H,3-4,6-9,15H2,(H,17,18,19). The number of pyridine rings is 1. The monoisotopic (exact) mass is 272 g/mol. The zero-order chi connectivity index (χ0) is 13.8. The molecule has 1 saturated heterocycles. The number of rotatable bonds is 4. The van der Waals surface area contributed by atoms with E-state index < -0.39 is 0 Å². The van der Waals surface area contributed by atoms with Crippen LogP contribution in [0, 0.1) is 5.92 Å². The highest BCUT2D eigenvalue weighted by molar-refractivity contribution is 5.30. The van der Waals surface area contributed by atoms with Gasteiger partial charge >= 0.3 is 0 Å². The number of piperidine rings is 1. The molecule has 6 nitrogen and oxygen atoms in total. The molecule has 0 aliphatic carbocycles. The van der Waals surface area contributed by atoms with Gasteiger partial charge in [0.2, 0.25) is 5.95 Å². The quantitative estimate of drug-likeness (QED) is 0.866. The molecule has 0 saturated carbocycles. The van der Waals surface area contributed by atoms with E-state index in [0.29, 0.717) is 5.92 Å². The topological polar surface area (TPSA) is 83.7 Å². The number of nitrogens with zero attached hydrogens (tertiary/aromatic N) is 4. The Labute approximate surface area is 118 Å². The van der Waals surface area contributed by atoms with Gasteiger partial charge < -0.3 is 10.6 Å². The first kappa shape index (κ1) is 13.1. The molecule has 0 atom stereocenters. The molecule has 106 valence electrons. The lowest BCUT2D eigenvalue weighted by atomic mass is 9.97. The predicted molar refractivity (Wildman–Crippen MR) is 77.4 cm³/mol. The van der Waals surface area contributed by atoms with Gasteiger partial charge in [-0.05, 0) is 36.9 Å². The van der Waals surface area contributed by atoms with Gasteiger partial charge in [0.1, 0.15) is 5.82 Å². The van der Waals surface area contributed by atoms with Crippen molar-refractivity contribution in [3.63, 3.8) is 0 Å². The maximum atomic E-state index is 5.72. The van der Waals surface area contributed by atoms with Gasteiger partial charge in [0, 0.05) is 31.9 Å². The molecule has 1 fully saturated rings. The van der Waals surface area contributed by atoms with Gasteiger partial charge in [-0.3, -0.25) is 10.1 Å². The number of aromatic nitrogens is 4. The molecule has 2 aromatic heterocycles. The van der Waals surface area contributed by atoms with Crippen molar-refractivity contribution in [2.75, 3.05) is 24.5 Å². The van der Waals surface area contributed by atoms with E-state index in [-0.39, 0.29) is 0 Å². The molecule has 0 bridgehead atoms. The lowest BCUT2D eigenvalue weighted by Gasteiger charge is -2.30. The summed E-state index contributed by atoms with van der Waals surface area (Å²) in [5, 5.41) is 7.35. The second-order valence-electron chi connectivity index (χ2n) is 5.29. The van der Waals surface area contributed by atoms with E-state index in [2.05, 4.69) is 25.1 Å². The van der Waals surface area contributed by atoms with E-state index in [4.69, 9.17) is 5.73 Å². The summed E-state index contributed by atoms with van der Waals surface area (Å²) >= 11 is 0. The van der Waals surface area contributed by atoms with Gasteiger partial charge in [-0.2, -0.15) is 4.98 Å². The fraction of sp³-hybridized carbons (Fsp3) is 0.500. The summed E-state index contributed by atoms with van der Waals surface area (Å²) in [6.07, 6.45) is 6.62. The van der Waals surface area contributed by atoms with Crippen LogP contribution in [0.4, 0.5) is 5.95 Å². The highest BCUT2D eigenvalue weighted by Crippen LogP contribution is 2.19. The van der Waals surface area contributed by atoms with E-state index in [9.17, 15) is 0 Å². The molecule has 1 aliphatic heterocycles. The molecular formula is C14H20N6. The number of hydrogen-bond donors (Lipinski definition) is 2. The zero-order valence-corrected chi connectivity index (χ0v) is 11.5. The van der Waals surface area contributed by atoms with Crippen LogP contribution in [0.1, 0.15) is 24.2 Å². The minimum Gasteiger partial charge on any atom is -0.340 e. The van der Waals surface area contributed by atoms with E-state index in [0.717, 1.165) is 56.2 Å². The summed E-state index contributed by atoms with van der Waals surface area (Å²) in [7, 11) is 0. The fourth-order valence-electron chi connectivity index (χ4n) is 2.57. The Hall–Kier alpha value is -1.95. The Balaban J connectivity index is 1.62. The van der Waals surface area contributed by atoms with Crippen LogP contribution in [0.15, 0.2) is 24.5 Å². The SMILES string of the molecule is NCC1CCN(c2n[nH]c(Cc3cccnc3)n2)CC1. The maximum absolute atomic E-state index is 5.72. The molecule has 0 radical (unpaired) electrons. The van der Waals surface area contributed by atoms with Crippen LogP contribution in [0.2, 0.25) is 0 Å². The van der Waals surface area contributed by atoms with Crippen LogP contribution in [0.5, 0.6) is 0 Å². The largest absolute Gasteiger partial charge is 0.340 e. The average molecular weight is 272 g/mol. The van der Waals surface area contributed by atoms with E-state index in [1.165, 1.54) is 0 Å². The summed E-state index contributed by atoms with van der Waals surface area (Å²) in [5.74, 6) is 2.34. The zero-order valence-electron chi connectivity index (χ0n) is 11.5. The second kappa shape index (κ2) is 6.00. The van der Waals surface area contributed by atoms with Crippen molar-refractivity contribution in [3.8, 4) is 0 Å².